The molecule has 2 heteroatoms. The van der Waals surface area contributed by atoms with Crippen LogP contribution in [-0.4, -0.2) is 0 Å². The summed E-state index contributed by atoms with van der Waals surface area (Å²) in [5.41, 5.74) is 3.84. The molecule has 0 saturated heterocycles. The maximum atomic E-state index is 3.06. The number of hydrogen-bond donors (Lipinski definition) is 0. The number of benzene rings is 3. The van der Waals surface area contributed by atoms with E-state index in [0.29, 0.717) is 0 Å². The van der Waals surface area contributed by atoms with Crippen LogP contribution in [0.3, 0.4) is 0 Å². The van der Waals surface area contributed by atoms with Crippen LogP contribution >= 0.6 is 9.24 Å². The molecule has 0 heterocycles. The minimum Gasteiger partial charge on any atom is -0.117 e. The van der Waals surface area contributed by atoms with Crippen molar-refractivity contribution in [2.24, 2.45) is 0 Å². The molecule has 0 fully saturated rings. The van der Waals surface area contributed by atoms with E-state index in [-0.39, 0.29) is 25.6 Å². The molecule has 0 nitrogen and oxygen atoms in total. The molecule has 0 aromatic heterocycles. The maximum absolute atomic E-state index is 3.06. The van der Waals surface area contributed by atoms with E-state index in [1.165, 1.54) is 16.7 Å². The monoisotopic (exact) mass is 382 g/mol. The molecule has 0 spiro atoms. The van der Waals surface area contributed by atoms with E-state index in [1.807, 2.05) is 0 Å². The molecule has 0 aliphatic rings. The molecular weight excluding hydrogens is 366 g/mol. The van der Waals surface area contributed by atoms with Crippen LogP contribution in [0.2, 0.25) is 0 Å². The molecule has 1 atom stereocenters. The van der Waals surface area contributed by atoms with Crippen LogP contribution in [0.5, 0.6) is 0 Å². The van der Waals surface area contributed by atoms with Gasteiger partial charge in [0.2, 0.25) is 0 Å². The SMILES string of the molecule is PC(c1ccccc1)(c1ccccc1)c1ccccc1.[Pd]. The molecule has 0 aliphatic heterocycles. The number of rotatable bonds is 3. The summed E-state index contributed by atoms with van der Waals surface area (Å²) in [4.78, 5) is 0. The first-order valence-corrected chi connectivity index (χ1v) is 7.35. The van der Waals surface area contributed by atoms with Crippen LogP contribution in [0.25, 0.3) is 0 Å². The van der Waals surface area contributed by atoms with Gasteiger partial charge < -0.3 is 0 Å². The first-order valence-electron chi connectivity index (χ1n) is 6.77. The maximum Gasteiger partial charge on any atom is 0.0591 e. The zero-order chi connectivity index (χ0) is 13.8. The topological polar surface area (TPSA) is 0 Å². The Bertz CT molecular complexity index is 569. The summed E-state index contributed by atoms with van der Waals surface area (Å²) in [6.07, 6.45) is 0. The summed E-state index contributed by atoms with van der Waals surface area (Å²) in [5.74, 6) is 0. The van der Waals surface area contributed by atoms with Crippen molar-refractivity contribution in [3.63, 3.8) is 0 Å². The third-order valence-corrected chi connectivity index (χ3v) is 4.69. The van der Waals surface area contributed by atoms with E-state index in [2.05, 4.69) is 100 Å². The fourth-order valence-electron chi connectivity index (χ4n) is 2.60. The summed E-state index contributed by atoms with van der Waals surface area (Å²) < 4.78 is 0. The first-order chi connectivity index (χ1) is 9.82. The van der Waals surface area contributed by atoms with Crippen LogP contribution in [0.15, 0.2) is 91.0 Å². The molecule has 0 N–H and O–H groups in total. The standard InChI is InChI=1S/C19H17P.Pd/c20-19(16-10-4-1-5-11-16,17-12-6-2-7-13-17)18-14-8-3-9-15-18;/h1-15H,20H2;. The largest absolute Gasteiger partial charge is 0.117 e. The Kier molecular flexibility index (Phi) is 5.49. The van der Waals surface area contributed by atoms with Crippen LogP contribution in [-0.2, 0) is 25.6 Å². The van der Waals surface area contributed by atoms with Crippen molar-refractivity contribution in [2.75, 3.05) is 0 Å². The predicted octanol–water partition coefficient (Wildman–Crippen LogP) is 4.85. The molecule has 0 saturated carbocycles. The van der Waals surface area contributed by atoms with Crippen molar-refractivity contribution < 1.29 is 20.4 Å². The molecule has 0 bridgehead atoms. The van der Waals surface area contributed by atoms with Gasteiger partial charge >= 0.3 is 0 Å². The van der Waals surface area contributed by atoms with Crippen LogP contribution in [0.1, 0.15) is 16.7 Å². The second kappa shape index (κ2) is 7.15. The van der Waals surface area contributed by atoms with E-state index in [1.54, 1.807) is 0 Å². The van der Waals surface area contributed by atoms with Gasteiger partial charge in [-0.05, 0) is 16.7 Å². The second-order valence-corrected chi connectivity index (χ2v) is 5.77. The van der Waals surface area contributed by atoms with Crippen molar-refractivity contribution in [2.45, 2.75) is 5.16 Å². The van der Waals surface area contributed by atoms with Gasteiger partial charge in [0.15, 0.2) is 0 Å². The molecule has 0 aliphatic carbocycles. The van der Waals surface area contributed by atoms with Gasteiger partial charge in [0.05, 0.1) is 5.16 Å². The Balaban J connectivity index is 0.00000161. The van der Waals surface area contributed by atoms with Crippen LogP contribution in [0, 0.1) is 0 Å². The van der Waals surface area contributed by atoms with Gasteiger partial charge in [-0.25, -0.2) is 0 Å². The molecule has 0 amide bonds. The van der Waals surface area contributed by atoms with E-state index in [0.717, 1.165) is 0 Å². The van der Waals surface area contributed by atoms with Gasteiger partial charge in [0, 0.05) is 20.4 Å². The Morgan fingerprint density at radius 1 is 0.476 bits per heavy atom. The summed E-state index contributed by atoms with van der Waals surface area (Å²) in [7, 11) is 3.06. The van der Waals surface area contributed by atoms with Gasteiger partial charge in [-0.15, -0.1) is 9.24 Å². The molecule has 3 aromatic rings. The Morgan fingerprint density at radius 3 is 0.952 bits per heavy atom. The Morgan fingerprint density at radius 2 is 0.714 bits per heavy atom. The van der Waals surface area contributed by atoms with E-state index < -0.39 is 0 Å². The van der Waals surface area contributed by atoms with Crippen molar-refractivity contribution in [3.8, 4) is 0 Å². The second-order valence-electron chi connectivity index (χ2n) is 4.91. The Labute approximate surface area is 142 Å². The van der Waals surface area contributed by atoms with Gasteiger partial charge in [0.25, 0.3) is 0 Å². The molecule has 108 valence electrons. The summed E-state index contributed by atoms with van der Waals surface area (Å²) >= 11 is 0. The smallest absolute Gasteiger partial charge is 0.0591 e. The van der Waals surface area contributed by atoms with Crippen LogP contribution in [0.4, 0.5) is 0 Å². The molecule has 21 heavy (non-hydrogen) atoms. The zero-order valence-corrected chi connectivity index (χ0v) is 14.3. The summed E-state index contributed by atoms with van der Waals surface area (Å²) in [6.45, 7) is 0. The van der Waals surface area contributed by atoms with E-state index in [9.17, 15) is 0 Å². The van der Waals surface area contributed by atoms with Gasteiger partial charge in [-0.2, -0.15) is 0 Å². The zero-order valence-electron chi connectivity index (χ0n) is 11.6. The molecule has 3 aromatic carbocycles. The third-order valence-electron chi connectivity index (χ3n) is 3.69. The predicted molar refractivity (Wildman–Crippen MR) is 88.9 cm³/mol. The van der Waals surface area contributed by atoms with Crippen molar-refractivity contribution in [1.29, 1.82) is 0 Å². The molecular formula is C19H17PPd. The summed E-state index contributed by atoms with van der Waals surface area (Å²) in [5, 5.41) is -0.205. The minimum atomic E-state index is -0.205. The van der Waals surface area contributed by atoms with E-state index >= 15 is 0 Å². The summed E-state index contributed by atoms with van der Waals surface area (Å²) in [6, 6.07) is 31.9. The fourth-order valence-corrected chi connectivity index (χ4v) is 3.18. The van der Waals surface area contributed by atoms with Crippen molar-refractivity contribution >= 4 is 9.24 Å². The van der Waals surface area contributed by atoms with Gasteiger partial charge in [-0.3, -0.25) is 0 Å². The molecule has 0 radical (unpaired) electrons. The molecule has 1 unspecified atom stereocenters. The van der Waals surface area contributed by atoms with Gasteiger partial charge in [-0.1, -0.05) is 91.0 Å². The Hall–Kier alpha value is -1.25. The minimum absolute atomic E-state index is 0. The normalized spacial score (nSPS) is 10.7. The number of hydrogen-bond acceptors (Lipinski definition) is 0. The average molecular weight is 383 g/mol. The first kappa shape index (κ1) is 16.1. The van der Waals surface area contributed by atoms with Crippen molar-refractivity contribution in [3.05, 3.63) is 108 Å². The average Bonchev–Trinajstić information content (AvgIpc) is 2.56. The van der Waals surface area contributed by atoms with E-state index in [4.69, 9.17) is 0 Å². The molecule has 3 rings (SSSR count). The quantitative estimate of drug-likeness (QED) is 0.345. The van der Waals surface area contributed by atoms with Crippen molar-refractivity contribution in [1.82, 2.24) is 0 Å². The van der Waals surface area contributed by atoms with Crippen LogP contribution < -0.4 is 0 Å². The third kappa shape index (κ3) is 3.17. The van der Waals surface area contributed by atoms with Gasteiger partial charge in [0.1, 0.15) is 0 Å². The fraction of sp³-hybridized carbons (Fsp3) is 0.0526.